The van der Waals surface area contributed by atoms with Crippen molar-refractivity contribution in [1.82, 2.24) is 0 Å². The molecule has 18 heavy (non-hydrogen) atoms. The Labute approximate surface area is 113 Å². The average molecular weight is 275 g/mol. The van der Waals surface area contributed by atoms with Gasteiger partial charge in [0, 0.05) is 12.5 Å². The SMILES string of the molecule is CCOCCOc1c(OC)cc(CCl)cc1OC. The van der Waals surface area contributed by atoms with Gasteiger partial charge in [-0.1, -0.05) is 0 Å². The minimum atomic E-state index is 0.395. The summed E-state index contributed by atoms with van der Waals surface area (Å²) in [6, 6.07) is 3.68. The van der Waals surface area contributed by atoms with E-state index in [0.717, 1.165) is 5.56 Å². The van der Waals surface area contributed by atoms with E-state index < -0.39 is 0 Å². The number of hydrogen-bond donors (Lipinski definition) is 0. The zero-order valence-corrected chi connectivity index (χ0v) is 11.8. The summed E-state index contributed by atoms with van der Waals surface area (Å²) in [7, 11) is 3.17. The molecule has 0 saturated carbocycles. The molecule has 0 aromatic heterocycles. The highest BCUT2D eigenvalue weighted by molar-refractivity contribution is 6.17. The minimum absolute atomic E-state index is 0.395. The molecule has 0 radical (unpaired) electrons. The largest absolute Gasteiger partial charge is 0.493 e. The lowest BCUT2D eigenvalue weighted by Gasteiger charge is -2.15. The molecule has 0 heterocycles. The lowest BCUT2D eigenvalue weighted by molar-refractivity contribution is 0.107. The second-order valence-electron chi connectivity index (χ2n) is 3.51. The van der Waals surface area contributed by atoms with Crippen LogP contribution in [0.15, 0.2) is 12.1 Å². The number of benzene rings is 1. The van der Waals surface area contributed by atoms with Gasteiger partial charge >= 0.3 is 0 Å². The van der Waals surface area contributed by atoms with Gasteiger partial charge in [0.1, 0.15) is 6.61 Å². The van der Waals surface area contributed by atoms with Crippen molar-refractivity contribution in [1.29, 1.82) is 0 Å². The van der Waals surface area contributed by atoms with Gasteiger partial charge < -0.3 is 18.9 Å². The maximum Gasteiger partial charge on any atom is 0.203 e. The monoisotopic (exact) mass is 274 g/mol. The highest BCUT2D eigenvalue weighted by atomic mass is 35.5. The first-order valence-corrected chi connectivity index (χ1v) is 6.31. The first-order chi connectivity index (χ1) is 8.76. The molecule has 0 fully saturated rings. The molecule has 5 heteroatoms. The van der Waals surface area contributed by atoms with Gasteiger partial charge in [0.2, 0.25) is 5.75 Å². The van der Waals surface area contributed by atoms with Crippen LogP contribution in [0.4, 0.5) is 0 Å². The van der Waals surface area contributed by atoms with Crippen molar-refractivity contribution >= 4 is 11.6 Å². The van der Waals surface area contributed by atoms with Crippen LogP contribution in [0, 0.1) is 0 Å². The quantitative estimate of drug-likeness (QED) is 0.540. The molecule has 0 atom stereocenters. The van der Waals surface area contributed by atoms with Crippen LogP contribution in [-0.2, 0) is 10.6 Å². The van der Waals surface area contributed by atoms with Crippen LogP contribution in [0.3, 0.4) is 0 Å². The van der Waals surface area contributed by atoms with E-state index in [2.05, 4.69) is 0 Å². The summed E-state index contributed by atoms with van der Waals surface area (Å²) in [5.41, 5.74) is 0.919. The summed E-state index contributed by atoms with van der Waals surface area (Å²) in [6.45, 7) is 3.58. The van der Waals surface area contributed by atoms with Crippen LogP contribution in [0.2, 0.25) is 0 Å². The Morgan fingerprint density at radius 1 is 1.06 bits per heavy atom. The van der Waals surface area contributed by atoms with Crippen molar-refractivity contribution in [3.05, 3.63) is 17.7 Å². The predicted molar refractivity (Wildman–Crippen MR) is 71.1 cm³/mol. The molecule has 0 saturated heterocycles. The fourth-order valence-electron chi connectivity index (χ4n) is 1.50. The zero-order chi connectivity index (χ0) is 13.4. The van der Waals surface area contributed by atoms with E-state index in [-0.39, 0.29) is 0 Å². The van der Waals surface area contributed by atoms with E-state index in [4.69, 9.17) is 30.5 Å². The lowest BCUT2D eigenvalue weighted by Crippen LogP contribution is -2.08. The average Bonchev–Trinajstić information content (AvgIpc) is 2.42. The molecule has 0 aliphatic carbocycles. The number of halogens is 1. The summed E-state index contributed by atoms with van der Waals surface area (Å²) in [5.74, 6) is 2.20. The van der Waals surface area contributed by atoms with Crippen LogP contribution in [0.25, 0.3) is 0 Å². The predicted octanol–water partition coefficient (Wildman–Crippen LogP) is 2.86. The molecular formula is C13H19ClO4. The molecule has 1 aromatic carbocycles. The van der Waals surface area contributed by atoms with E-state index in [1.165, 1.54) is 0 Å². The highest BCUT2D eigenvalue weighted by Gasteiger charge is 2.13. The van der Waals surface area contributed by atoms with Crippen LogP contribution >= 0.6 is 11.6 Å². The molecule has 0 aliphatic heterocycles. The molecule has 0 spiro atoms. The minimum Gasteiger partial charge on any atom is -0.493 e. The van der Waals surface area contributed by atoms with Crippen molar-refractivity contribution < 1.29 is 18.9 Å². The van der Waals surface area contributed by atoms with E-state index in [1.807, 2.05) is 19.1 Å². The standard InChI is InChI=1S/C13H19ClO4/c1-4-17-5-6-18-13-11(15-2)7-10(9-14)8-12(13)16-3/h7-8H,4-6,9H2,1-3H3. The zero-order valence-electron chi connectivity index (χ0n) is 11.0. The Hall–Kier alpha value is -1.13. The molecule has 0 bridgehead atoms. The van der Waals surface area contributed by atoms with Crippen LogP contribution in [0.1, 0.15) is 12.5 Å². The van der Waals surface area contributed by atoms with Crippen LogP contribution in [-0.4, -0.2) is 34.0 Å². The molecule has 0 aliphatic rings. The van der Waals surface area contributed by atoms with Crippen molar-refractivity contribution in [2.24, 2.45) is 0 Å². The fraction of sp³-hybridized carbons (Fsp3) is 0.538. The molecule has 0 unspecified atom stereocenters. The molecule has 1 rings (SSSR count). The van der Waals surface area contributed by atoms with Crippen molar-refractivity contribution in [2.45, 2.75) is 12.8 Å². The van der Waals surface area contributed by atoms with Gasteiger partial charge in [-0.25, -0.2) is 0 Å². The Morgan fingerprint density at radius 2 is 1.67 bits per heavy atom. The number of hydrogen-bond acceptors (Lipinski definition) is 4. The maximum absolute atomic E-state index is 5.81. The van der Waals surface area contributed by atoms with Crippen molar-refractivity contribution in [2.75, 3.05) is 34.0 Å². The third-order valence-electron chi connectivity index (χ3n) is 2.35. The third-order valence-corrected chi connectivity index (χ3v) is 2.66. The van der Waals surface area contributed by atoms with E-state index in [0.29, 0.717) is 42.9 Å². The molecule has 102 valence electrons. The second-order valence-corrected chi connectivity index (χ2v) is 3.78. The molecule has 1 aromatic rings. The first-order valence-electron chi connectivity index (χ1n) is 5.78. The normalized spacial score (nSPS) is 10.2. The van der Waals surface area contributed by atoms with E-state index in [9.17, 15) is 0 Å². The summed E-state index contributed by atoms with van der Waals surface area (Å²) in [6.07, 6.45) is 0. The second kappa shape index (κ2) is 8.06. The van der Waals surface area contributed by atoms with Gasteiger partial charge in [-0.3, -0.25) is 0 Å². The molecule has 0 amide bonds. The number of ether oxygens (including phenoxy) is 4. The van der Waals surface area contributed by atoms with E-state index >= 15 is 0 Å². The molecular weight excluding hydrogens is 256 g/mol. The van der Waals surface area contributed by atoms with Gasteiger partial charge in [-0.15, -0.1) is 11.6 Å². The summed E-state index contributed by atoms with van der Waals surface area (Å²) in [5, 5.41) is 0. The van der Waals surface area contributed by atoms with Gasteiger partial charge in [-0.05, 0) is 24.6 Å². The Balaban J connectivity index is 2.85. The summed E-state index contributed by atoms with van der Waals surface area (Å²) in [4.78, 5) is 0. The van der Waals surface area contributed by atoms with Gasteiger partial charge in [0.25, 0.3) is 0 Å². The topological polar surface area (TPSA) is 36.9 Å². The number of rotatable bonds is 8. The fourth-order valence-corrected chi connectivity index (χ4v) is 1.65. The highest BCUT2D eigenvalue weighted by Crippen LogP contribution is 2.38. The Kier molecular flexibility index (Phi) is 6.68. The molecule has 0 N–H and O–H groups in total. The maximum atomic E-state index is 5.81. The lowest BCUT2D eigenvalue weighted by atomic mass is 10.2. The van der Waals surface area contributed by atoms with Crippen LogP contribution in [0.5, 0.6) is 17.2 Å². The van der Waals surface area contributed by atoms with Crippen LogP contribution < -0.4 is 14.2 Å². The van der Waals surface area contributed by atoms with E-state index in [1.54, 1.807) is 14.2 Å². The van der Waals surface area contributed by atoms with Crippen molar-refractivity contribution in [3.63, 3.8) is 0 Å². The first kappa shape index (κ1) is 14.9. The third kappa shape index (κ3) is 3.96. The Bertz CT molecular complexity index is 343. The van der Waals surface area contributed by atoms with Gasteiger partial charge in [0.15, 0.2) is 11.5 Å². The van der Waals surface area contributed by atoms with Gasteiger partial charge in [0.05, 0.1) is 20.8 Å². The summed E-state index contributed by atoms with van der Waals surface area (Å²) < 4.78 is 21.4. The molecule has 4 nitrogen and oxygen atoms in total. The number of alkyl halides is 1. The Morgan fingerprint density at radius 3 is 2.11 bits per heavy atom. The summed E-state index contributed by atoms with van der Waals surface area (Å²) >= 11 is 5.81. The van der Waals surface area contributed by atoms with Gasteiger partial charge in [-0.2, -0.15) is 0 Å². The smallest absolute Gasteiger partial charge is 0.203 e. The number of methoxy groups -OCH3 is 2. The van der Waals surface area contributed by atoms with Crippen molar-refractivity contribution in [3.8, 4) is 17.2 Å².